The van der Waals surface area contributed by atoms with E-state index in [0.717, 1.165) is 15.7 Å². The van der Waals surface area contributed by atoms with Gasteiger partial charge in [0, 0.05) is 27.4 Å². The molecule has 0 radical (unpaired) electrons. The highest BCUT2D eigenvalue weighted by molar-refractivity contribution is 9.10. The number of aliphatic hydroxyl groups is 1. The van der Waals surface area contributed by atoms with Crippen molar-refractivity contribution in [2.45, 2.75) is 11.8 Å². The molecule has 0 saturated carbocycles. The van der Waals surface area contributed by atoms with E-state index in [1.807, 2.05) is 35.7 Å². The molecule has 138 valence electrons. The molecule has 1 unspecified atom stereocenters. The molecule has 1 aromatic heterocycles. The summed E-state index contributed by atoms with van der Waals surface area (Å²) < 4.78 is 0.966. The number of hydrogen-bond donors (Lipinski definition) is 1. The van der Waals surface area contributed by atoms with E-state index < -0.39 is 5.38 Å². The van der Waals surface area contributed by atoms with E-state index in [4.69, 9.17) is 16.9 Å². The molecule has 1 heterocycles. The molecule has 0 aliphatic carbocycles. The number of halogens is 2. The number of nitriles is 2. The molecule has 4 nitrogen and oxygen atoms in total. The van der Waals surface area contributed by atoms with E-state index in [1.54, 1.807) is 24.3 Å². The van der Waals surface area contributed by atoms with Crippen LogP contribution in [0.1, 0.15) is 16.1 Å². The minimum Gasteiger partial charge on any atom is -0.506 e. The molecule has 0 saturated heterocycles. The lowest BCUT2D eigenvalue weighted by atomic mass is 9.99. The lowest BCUT2D eigenvalue weighted by Gasteiger charge is -2.10. The Kier molecular flexibility index (Phi) is 6.49. The second kappa shape index (κ2) is 9.03. The van der Waals surface area contributed by atoms with Crippen LogP contribution < -0.4 is 0 Å². The second-order valence-electron chi connectivity index (χ2n) is 5.84. The molecule has 0 spiro atoms. The maximum Gasteiger partial charge on any atom is 0.143 e. The van der Waals surface area contributed by atoms with Crippen molar-refractivity contribution >= 4 is 50.2 Å². The third-order valence-electron chi connectivity index (χ3n) is 4.02. The molecule has 28 heavy (non-hydrogen) atoms. The highest BCUT2D eigenvalue weighted by atomic mass is 79.9. The van der Waals surface area contributed by atoms with Gasteiger partial charge in [0.2, 0.25) is 0 Å². The smallest absolute Gasteiger partial charge is 0.143 e. The Morgan fingerprint density at radius 1 is 1.18 bits per heavy atom. The summed E-state index contributed by atoms with van der Waals surface area (Å²) in [7, 11) is 0. The third-order valence-corrected chi connectivity index (χ3v) is 5.66. The van der Waals surface area contributed by atoms with Crippen LogP contribution in [-0.2, 0) is 6.42 Å². The average Bonchev–Trinajstić information content (AvgIpc) is 3.19. The van der Waals surface area contributed by atoms with Crippen molar-refractivity contribution in [1.82, 2.24) is 4.98 Å². The van der Waals surface area contributed by atoms with Gasteiger partial charge in [-0.2, -0.15) is 10.5 Å². The Hall–Kier alpha value is -2.64. The van der Waals surface area contributed by atoms with Gasteiger partial charge in [0.25, 0.3) is 0 Å². The van der Waals surface area contributed by atoms with Crippen LogP contribution in [0.2, 0.25) is 0 Å². The van der Waals surface area contributed by atoms with Gasteiger partial charge >= 0.3 is 0 Å². The van der Waals surface area contributed by atoms with Crippen molar-refractivity contribution < 1.29 is 5.11 Å². The first-order valence-corrected chi connectivity index (χ1v) is 10.3. The maximum atomic E-state index is 10.8. The minimum atomic E-state index is -0.719. The van der Waals surface area contributed by atoms with E-state index in [1.165, 1.54) is 11.3 Å². The maximum absolute atomic E-state index is 10.8. The molecular weight excluding hydrogens is 458 g/mol. The molecule has 3 rings (SSSR count). The lowest BCUT2D eigenvalue weighted by Crippen LogP contribution is -2.03. The molecule has 0 fully saturated rings. The van der Waals surface area contributed by atoms with E-state index in [-0.39, 0.29) is 17.8 Å². The number of alkyl halides is 1. The van der Waals surface area contributed by atoms with Gasteiger partial charge in [-0.1, -0.05) is 52.3 Å². The second-order valence-corrected chi connectivity index (χ2v) is 8.14. The first-order valence-electron chi connectivity index (χ1n) is 8.20. The Balaban J connectivity index is 2.02. The van der Waals surface area contributed by atoms with E-state index in [2.05, 4.69) is 27.0 Å². The summed E-state index contributed by atoms with van der Waals surface area (Å²) in [5.74, 6) is -0.170. The summed E-state index contributed by atoms with van der Waals surface area (Å²) in [5.41, 5.74) is 2.90. The zero-order chi connectivity index (χ0) is 20.1. The zero-order valence-corrected chi connectivity index (χ0v) is 17.6. The summed E-state index contributed by atoms with van der Waals surface area (Å²) >= 11 is 10.6. The Morgan fingerprint density at radius 2 is 1.89 bits per heavy atom. The molecule has 1 N–H and O–H groups in total. The normalized spacial score (nSPS) is 12.6. The number of benzene rings is 2. The van der Waals surface area contributed by atoms with Gasteiger partial charge in [-0.25, -0.2) is 4.98 Å². The molecule has 0 aliphatic rings. The number of allylic oxidation sites excluding steroid dienone is 1. The van der Waals surface area contributed by atoms with Crippen LogP contribution in [-0.4, -0.2) is 15.5 Å². The topological polar surface area (TPSA) is 80.7 Å². The quantitative estimate of drug-likeness (QED) is 0.274. The van der Waals surface area contributed by atoms with E-state index in [0.29, 0.717) is 16.1 Å². The molecule has 0 amide bonds. The first-order chi connectivity index (χ1) is 13.5. The summed E-state index contributed by atoms with van der Waals surface area (Å²) in [6.07, 6.45) is 0.263. The first kappa shape index (κ1) is 20.1. The number of aromatic nitrogens is 1. The zero-order valence-electron chi connectivity index (χ0n) is 14.4. The molecule has 7 heteroatoms. The predicted octanol–water partition coefficient (Wildman–Crippen LogP) is 6.20. The van der Waals surface area contributed by atoms with Crippen LogP contribution in [0.3, 0.4) is 0 Å². The SMILES string of the molecule is N#C/C(=C(/O)c1ccccc1CC(Cl)C#N)c1nc(-c2ccc(Br)cc2)cs1. The van der Waals surface area contributed by atoms with Crippen molar-refractivity contribution in [3.63, 3.8) is 0 Å². The Labute approximate surface area is 180 Å². The fraction of sp³-hybridized carbons (Fsp3) is 0.0952. The number of thiazole rings is 1. The van der Waals surface area contributed by atoms with Crippen LogP contribution >= 0.6 is 38.9 Å². The van der Waals surface area contributed by atoms with Crippen LogP contribution in [0.4, 0.5) is 0 Å². The summed E-state index contributed by atoms with van der Waals surface area (Å²) in [5, 5.41) is 31.0. The molecule has 1 atom stereocenters. The standard InChI is InChI=1S/C21H13BrClN3OS/c22-15-7-5-13(6-8-15)19-12-28-21(26-19)18(11-25)20(27)17-4-2-1-3-14(17)9-16(23)10-24/h1-8,12,16,27H,9H2/b20-18-. The van der Waals surface area contributed by atoms with Crippen LogP contribution in [0, 0.1) is 22.7 Å². The van der Waals surface area contributed by atoms with Crippen molar-refractivity contribution in [3.05, 3.63) is 74.5 Å². The number of aliphatic hydroxyl groups excluding tert-OH is 1. The average molecular weight is 471 g/mol. The van der Waals surface area contributed by atoms with Gasteiger partial charge in [-0.3, -0.25) is 0 Å². The van der Waals surface area contributed by atoms with Gasteiger partial charge < -0.3 is 5.11 Å². The fourth-order valence-electron chi connectivity index (χ4n) is 2.65. The highest BCUT2D eigenvalue weighted by Crippen LogP contribution is 2.31. The summed E-state index contributed by atoms with van der Waals surface area (Å²) in [6, 6.07) is 18.8. The van der Waals surface area contributed by atoms with Gasteiger partial charge in [0.05, 0.1) is 11.8 Å². The summed E-state index contributed by atoms with van der Waals surface area (Å²) in [6.45, 7) is 0. The number of rotatable bonds is 5. The monoisotopic (exact) mass is 469 g/mol. The van der Waals surface area contributed by atoms with Gasteiger partial charge in [-0.15, -0.1) is 22.9 Å². The molecule has 2 aromatic carbocycles. The van der Waals surface area contributed by atoms with Gasteiger partial charge in [0.1, 0.15) is 27.8 Å². The van der Waals surface area contributed by atoms with Crippen LogP contribution in [0.5, 0.6) is 0 Å². The molecular formula is C21H13BrClN3OS. The highest BCUT2D eigenvalue weighted by Gasteiger charge is 2.18. The van der Waals surface area contributed by atoms with Crippen LogP contribution in [0.25, 0.3) is 22.6 Å². The largest absolute Gasteiger partial charge is 0.506 e. The lowest BCUT2D eigenvalue weighted by molar-refractivity contribution is 0.513. The third kappa shape index (κ3) is 4.43. The molecule has 0 aliphatic heterocycles. The van der Waals surface area contributed by atoms with E-state index in [9.17, 15) is 10.4 Å². The van der Waals surface area contributed by atoms with Crippen molar-refractivity contribution in [2.24, 2.45) is 0 Å². The number of hydrogen-bond acceptors (Lipinski definition) is 5. The van der Waals surface area contributed by atoms with Gasteiger partial charge in [0.15, 0.2) is 0 Å². The van der Waals surface area contributed by atoms with Crippen molar-refractivity contribution in [2.75, 3.05) is 0 Å². The summed E-state index contributed by atoms with van der Waals surface area (Å²) in [4.78, 5) is 4.52. The fourth-order valence-corrected chi connectivity index (χ4v) is 3.90. The van der Waals surface area contributed by atoms with Crippen molar-refractivity contribution in [3.8, 4) is 23.4 Å². The van der Waals surface area contributed by atoms with E-state index >= 15 is 0 Å². The number of nitrogens with zero attached hydrogens (tertiary/aromatic N) is 3. The van der Waals surface area contributed by atoms with Crippen LogP contribution in [0.15, 0.2) is 58.4 Å². The molecule has 0 bridgehead atoms. The Morgan fingerprint density at radius 3 is 2.57 bits per heavy atom. The Bertz CT molecular complexity index is 1110. The minimum absolute atomic E-state index is 0.0869. The molecule has 3 aromatic rings. The van der Waals surface area contributed by atoms with Crippen molar-refractivity contribution in [1.29, 1.82) is 10.5 Å². The predicted molar refractivity (Wildman–Crippen MR) is 116 cm³/mol. The van der Waals surface area contributed by atoms with Gasteiger partial charge in [-0.05, 0) is 17.7 Å².